The Bertz CT molecular complexity index is 3020. The molecule has 3 N–H and O–H groups in total. The molecule has 0 amide bonds. The quantitative estimate of drug-likeness (QED) is 0.0834. The normalized spacial score (nSPS) is 14.5. The number of nitrogens with zero attached hydrogens (tertiary/aromatic N) is 11. The average Bonchev–Trinajstić information content (AvgIpc) is 4.27. The summed E-state index contributed by atoms with van der Waals surface area (Å²) in [5.74, 6) is 6.05. The predicted octanol–water partition coefficient (Wildman–Crippen LogP) is 7.84. The lowest BCUT2D eigenvalue weighted by atomic mass is 10.0. The molecule has 2 saturated heterocycles. The first-order valence-electron chi connectivity index (χ1n) is 23.6. The monoisotopic (exact) mass is 1020 g/mol. The molecule has 0 unspecified atom stereocenters. The van der Waals surface area contributed by atoms with Crippen LogP contribution in [0.15, 0.2) is 82.8 Å². The van der Waals surface area contributed by atoms with Gasteiger partial charge in [0, 0.05) is 55.5 Å². The Morgan fingerprint density at radius 3 is 1.48 bits per heavy atom. The van der Waals surface area contributed by atoms with Crippen molar-refractivity contribution in [2.75, 3.05) is 113 Å². The molecule has 0 aliphatic carbocycles. The van der Waals surface area contributed by atoms with Crippen LogP contribution in [-0.4, -0.2) is 158 Å². The second-order valence-electron chi connectivity index (χ2n) is 17.3. The predicted molar refractivity (Wildman–Crippen MR) is 280 cm³/mol. The van der Waals surface area contributed by atoms with E-state index in [1.807, 2.05) is 41.1 Å². The highest BCUT2D eigenvalue weighted by Gasteiger charge is 2.25. The molecule has 8 aromatic rings. The second-order valence-corrected chi connectivity index (χ2v) is 17.7. The Kier molecular flexibility index (Phi) is 16.9. The Balaban J connectivity index is 0.000000170. The van der Waals surface area contributed by atoms with E-state index in [1.165, 1.54) is 32.2 Å². The minimum Gasteiger partial charge on any atom is -0.493 e. The first-order chi connectivity index (χ1) is 35.4. The maximum Gasteiger partial charge on any atom is 0.228 e. The van der Waals surface area contributed by atoms with Gasteiger partial charge in [-0.1, -0.05) is 0 Å². The van der Waals surface area contributed by atoms with Gasteiger partial charge in [-0.3, -0.25) is 0 Å². The second kappa shape index (κ2) is 23.8. The van der Waals surface area contributed by atoms with Gasteiger partial charge in [0.15, 0.2) is 45.8 Å². The minimum atomic E-state index is 0.112. The van der Waals surface area contributed by atoms with Crippen LogP contribution in [0.3, 0.4) is 0 Å². The molecule has 2 aromatic carbocycles. The van der Waals surface area contributed by atoms with Gasteiger partial charge in [0.1, 0.15) is 35.3 Å². The summed E-state index contributed by atoms with van der Waals surface area (Å²) in [6.45, 7) is 4.63. The van der Waals surface area contributed by atoms with Gasteiger partial charge in [0.2, 0.25) is 22.7 Å². The zero-order valence-electron chi connectivity index (χ0n) is 42.8. The number of ether oxygens (including phenoxy) is 6. The number of anilines is 5. The largest absolute Gasteiger partial charge is 0.493 e. The van der Waals surface area contributed by atoms with Crippen LogP contribution in [-0.2, 0) is 0 Å². The number of hydrogen-bond acceptors (Lipinski definition) is 20. The fourth-order valence-corrected chi connectivity index (χ4v) is 8.76. The van der Waals surface area contributed by atoms with Crippen molar-refractivity contribution in [1.82, 2.24) is 54.2 Å². The smallest absolute Gasteiger partial charge is 0.228 e. The maximum atomic E-state index is 5.97. The Hall–Kier alpha value is -7.53. The average molecular weight is 1020 g/mol. The van der Waals surface area contributed by atoms with Crippen molar-refractivity contribution in [2.45, 2.75) is 37.8 Å². The van der Waals surface area contributed by atoms with Crippen LogP contribution in [0.2, 0.25) is 5.28 Å². The molecule has 23 heteroatoms. The molecule has 0 bridgehead atoms. The summed E-state index contributed by atoms with van der Waals surface area (Å²) in [6, 6.07) is 12.1. The number of benzene rings is 2. The molecule has 2 aliphatic rings. The molecular weight excluding hydrogens is 960 g/mol. The van der Waals surface area contributed by atoms with Gasteiger partial charge in [-0.2, -0.15) is 9.97 Å². The third-order valence-corrected chi connectivity index (χ3v) is 13.0. The van der Waals surface area contributed by atoms with Gasteiger partial charge in [0.05, 0.1) is 79.0 Å². The first-order valence-corrected chi connectivity index (χ1v) is 24.0. The standard InChI is InChI=1S/C25H31N7O4.C18H16ClN5O4.C7H16N2/c1-30-9-6-16(7-10-30)31(2)25-27-18-8-11-36-22(18)24(29-25)28-21-14-32(15-26-21)17-12-19(33-3)23(35-5)20(13-17)34-4;1-25-12-6-10(7-13(26-2)16(12)27-3)24-8-14(20-9-24)22-17-15-11(4-5-28-15)21-18(19)23-17;1-8-7-3-5-9(2)6-4-7/h8,11-16H,6-7,9-10H2,1-5H3,(H,27,28,29);4-9H,1-3H3,(H,21,22,23);7-8H,3-6H2,1-2H3. The molecule has 8 heterocycles. The van der Waals surface area contributed by atoms with E-state index in [0.717, 1.165) is 48.9 Å². The molecule has 2 aliphatic heterocycles. The first kappa shape index (κ1) is 51.8. The molecule has 0 spiro atoms. The number of methoxy groups -OCH3 is 6. The number of rotatable bonds is 15. The molecule has 73 heavy (non-hydrogen) atoms. The number of halogens is 1. The molecule has 0 atom stereocenters. The summed E-state index contributed by atoms with van der Waals surface area (Å²) in [6.07, 6.45) is 14.9. The number of aromatic nitrogens is 8. The van der Waals surface area contributed by atoms with Crippen LogP contribution in [0, 0.1) is 0 Å². The number of nitrogens with one attached hydrogen (secondary N) is 3. The van der Waals surface area contributed by atoms with Crippen LogP contribution in [0.4, 0.5) is 29.2 Å². The summed E-state index contributed by atoms with van der Waals surface area (Å²) < 4.78 is 47.3. The molecule has 0 saturated carbocycles. The van der Waals surface area contributed by atoms with E-state index in [9.17, 15) is 0 Å². The van der Waals surface area contributed by atoms with E-state index >= 15 is 0 Å². The topological polar surface area (TPSA) is 215 Å². The number of fused-ring (bicyclic) bond motifs is 2. The van der Waals surface area contributed by atoms with Gasteiger partial charge in [-0.25, -0.2) is 19.9 Å². The van der Waals surface area contributed by atoms with E-state index in [2.05, 4.69) is 78.8 Å². The van der Waals surface area contributed by atoms with Crippen molar-refractivity contribution < 1.29 is 37.3 Å². The van der Waals surface area contributed by atoms with Crippen molar-refractivity contribution in [3.8, 4) is 45.9 Å². The highest BCUT2D eigenvalue weighted by molar-refractivity contribution is 6.28. The molecule has 0 radical (unpaired) electrons. The molecule has 388 valence electrons. The summed E-state index contributed by atoms with van der Waals surface area (Å²) >= 11 is 5.97. The van der Waals surface area contributed by atoms with Gasteiger partial charge in [0.25, 0.3) is 0 Å². The van der Waals surface area contributed by atoms with Crippen LogP contribution < -0.4 is 49.3 Å². The zero-order valence-corrected chi connectivity index (χ0v) is 43.6. The van der Waals surface area contributed by atoms with Crippen LogP contribution in [0.5, 0.6) is 34.5 Å². The van der Waals surface area contributed by atoms with E-state index in [1.54, 1.807) is 78.4 Å². The zero-order chi connectivity index (χ0) is 51.6. The number of hydrogen-bond donors (Lipinski definition) is 3. The van der Waals surface area contributed by atoms with Crippen LogP contribution >= 0.6 is 11.6 Å². The number of furan rings is 2. The lowest BCUT2D eigenvalue weighted by molar-refractivity contribution is 0.240. The number of imidazole rings is 2. The van der Waals surface area contributed by atoms with Crippen LogP contribution in [0.25, 0.3) is 33.6 Å². The molecule has 22 nitrogen and oxygen atoms in total. The van der Waals surface area contributed by atoms with E-state index in [0.29, 0.717) is 86.4 Å². The van der Waals surface area contributed by atoms with E-state index in [-0.39, 0.29) is 5.28 Å². The Morgan fingerprint density at radius 2 is 1.04 bits per heavy atom. The lowest BCUT2D eigenvalue weighted by Gasteiger charge is -2.35. The van der Waals surface area contributed by atoms with Crippen molar-refractivity contribution in [3.63, 3.8) is 0 Å². The molecule has 2 fully saturated rings. The number of likely N-dealkylation sites (tertiary alicyclic amines) is 2. The lowest BCUT2D eigenvalue weighted by Crippen LogP contribution is -2.42. The van der Waals surface area contributed by atoms with Crippen molar-refractivity contribution >= 4 is 63.0 Å². The Labute approximate surface area is 428 Å². The summed E-state index contributed by atoms with van der Waals surface area (Å²) in [5, 5.41) is 9.81. The molecular formula is C50H63ClN14O8. The van der Waals surface area contributed by atoms with Gasteiger partial charge in [-0.15, -0.1) is 0 Å². The maximum absolute atomic E-state index is 5.97. The van der Waals surface area contributed by atoms with Crippen LogP contribution in [0.1, 0.15) is 25.7 Å². The van der Waals surface area contributed by atoms with Crippen molar-refractivity contribution in [3.05, 3.63) is 79.3 Å². The summed E-state index contributed by atoms with van der Waals surface area (Å²) in [5.41, 5.74) is 4.00. The highest BCUT2D eigenvalue weighted by Crippen LogP contribution is 2.41. The fraction of sp³-hybridized carbons (Fsp3) is 0.400. The molecule has 10 rings (SSSR count). The van der Waals surface area contributed by atoms with E-state index in [4.69, 9.17) is 58.8 Å². The van der Waals surface area contributed by atoms with Gasteiger partial charge >= 0.3 is 0 Å². The molecule has 6 aromatic heterocycles. The number of piperidine rings is 2. The van der Waals surface area contributed by atoms with E-state index < -0.39 is 0 Å². The third-order valence-electron chi connectivity index (χ3n) is 12.8. The minimum absolute atomic E-state index is 0.112. The van der Waals surface area contributed by atoms with Crippen molar-refractivity contribution in [2.24, 2.45) is 0 Å². The summed E-state index contributed by atoms with van der Waals surface area (Å²) in [4.78, 5) is 33.6. The summed E-state index contributed by atoms with van der Waals surface area (Å²) in [7, 11) is 17.9. The highest BCUT2D eigenvalue weighted by atomic mass is 35.5. The van der Waals surface area contributed by atoms with Gasteiger partial charge in [-0.05, 0) is 84.6 Å². The fourth-order valence-electron chi connectivity index (χ4n) is 8.59. The third kappa shape index (κ3) is 12.1. The van der Waals surface area contributed by atoms with Gasteiger partial charge < -0.3 is 77.0 Å². The Morgan fingerprint density at radius 1 is 0.603 bits per heavy atom. The SMILES string of the molecule is CNC1CCN(C)CC1.COc1cc(-n2cnc(Nc3nc(Cl)nc4ccoc34)c2)cc(OC)c1OC.COc1cc(-n2cnc(Nc3nc(N(C)C4CCN(C)CC4)nc4ccoc34)c2)cc(OC)c1OC. The van der Waals surface area contributed by atoms with Crippen molar-refractivity contribution in [1.29, 1.82) is 0 Å².